The van der Waals surface area contributed by atoms with Gasteiger partial charge in [-0.05, 0) is 239 Å². The average Bonchev–Trinajstić information content (AvgIpc) is 0.911. The van der Waals surface area contributed by atoms with Crippen LogP contribution in [-0.4, -0.2) is 117 Å². The normalized spacial score (nSPS) is 11.4. The van der Waals surface area contributed by atoms with E-state index in [4.69, 9.17) is 131 Å². The van der Waals surface area contributed by atoms with Gasteiger partial charge in [0.2, 0.25) is 0 Å². The second kappa shape index (κ2) is 103. The predicted octanol–water partition coefficient (Wildman–Crippen LogP) is 27.4. The van der Waals surface area contributed by atoms with Gasteiger partial charge in [0, 0.05) is 39.3 Å². The zero-order valence-electron chi connectivity index (χ0n) is 70.0. The molecule has 0 aliphatic heterocycles. The van der Waals surface area contributed by atoms with Crippen molar-refractivity contribution in [2.45, 2.75) is 399 Å². The van der Waals surface area contributed by atoms with E-state index in [1.54, 1.807) is 0 Å². The summed E-state index contributed by atoms with van der Waals surface area (Å²) in [4.78, 5) is 44.2. The number of rotatable bonds is 68. The third-order valence-corrected chi connectivity index (χ3v) is 17.8. The predicted molar refractivity (Wildman–Crippen MR) is 483 cm³/mol. The number of nitrogens with one attached hydrogen (secondary N) is 5. The lowest BCUT2D eigenvalue weighted by Gasteiger charge is -2.15. The number of aliphatic hydroxyl groups excluding tert-OH is 3. The van der Waals surface area contributed by atoms with Crippen LogP contribution in [0.2, 0.25) is 0 Å². The minimum Gasteiger partial charge on any atom is -0.398 e. The van der Waals surface area contributed by atoms with Crippen LogP contribution in [-0.2, 0) is 14.2 Å². The van der Waals surface area contributed by atoms with Gasteiger partial charge >= 0.3 is 36.2 Å². The molecule has 662 valence electrons. The molecule has 0 spiro atoms. The lowest BCUT2D eigenvalue weighted by atomic mass is 10.1. The molecule has 0 aromatic rings. The first-order chi connectivity index (χ1) is 53.5. The number of allylic oxidation sites excluding steroid dienone is 8. The van der Waals surface area contributed by atoms with Crippen molar-refractivity contribution in [2.75, 3.05) is 65.6 Å². The molecular weight excluding hydrogens is 1600 g/mol. The van der Waals surface area contributed by atoms with Crippen LogP contribution in [0.15, 0.2) is 48.6 Å². The molecular formula is C85H164Cl9N7O10. The number of hydrogen-bond acceptors (Lipinski definition) is 12. The molecule has 0 saturated heterocycles. The molecule has 0 aromatic heterocycles. The van der Waals surface area contributed by atoms with Crippen molar-refractivity contribution in [3.8, 4) is 0 Å². The van der Waals surface area contributed by atoms with Gasteiger partial charge in [0.1, 0.15) is 0 Å². The van der Waals surface area contributed by atoms with Gasteiger partial charge in [-0.1, -0.05) is 307 Å². The molecule has 0 fully saturated rings. The molecule has 26 heteroatoms. The zero-order chi connectivity index (χ0) is 83.8. The maximum absolute atomic E-state index is 11.2. The van der Waals surface area contributed by atoms with Gasteiger partial charge in [-0.2, -0.15) is 0 Å². The molecule has 0 aliphatic rings. The van der Waals surface area contributed by atoms with Crippen molar-refractivity contribution >= 4 is 129 Å². The second-order valence-corrected chi connectivity index (χ2v) is 34.5. The molecule has 0 unspecified atom stereocenters. The van der Waals surface area contributed by atoms with Gasteiger partial charge in [0.05, 0.1) is 19.8 Å². The van der Waals surface area contributed by atoms with Crippen LogP contribution < -0.4 is 38.1 Å². The monoisotopic (exact) mass is 1760 g/mol. The summed E-state index contributed by atoms with van der Waals surface area (Å²) in [6.45, 7) is 13.0. The fourth-order valence-electron chi connectivity index (χ4n) is 10.9. The van der Waals surface area contributed by atoms with E-state index in [9.17, 15) is 19.2 Å². The fraction of sp³-hybridized carbons (Fsp3) is 0.859. The molecule has 0 bridgehead atoms. The molecule has 0 rings (SSSR count). The molecule has 5 amide bonds. The van der Waals surface area contributed by atoms with Crippen molar-refractivity contribution in [2.24, 2.45) is 11.5 Å². The van der Waals surface area contributed by atoms with Gasteiger partial charge in [-0.15, -0.1) is 0 Å². The molecule has 0 radical (unpaired) electrons. The van der Waals surface area contributed by atoms with E-state index >= 15 is 0 Å². The van der Waals surface area contributed by atoms with E-state index in [0.29, 0.717) is 26.2 Å². The fourth-order valence-corrected chi connectivity index (χ4v) is 11.5. The lowest BCUT2D eigenvalue weighted by Crippen LogP contribution is -2.37. The van der Waals surface area contributed by atoms with Crippen LogP contribution in [0.3, 0.4) is 0 Å². The number of aliphatic hydroxyl groups is 3. The molecule has 0 aromatic carbocycles. The number of amides is 5. The van der Waals surface area contributed by atoms with Gasteiger partial charge < -0.3 is 67.6 Å². The zero-order valence-corrected chi connectivity index (χ0v) is 76.8. The number of urea groups is 2. The van der Waals surface area contributed by atoms with Crippen LogP contribution in [0.5, 0.6) is 0 Å². The Morgan fingerprint density at radius 1 is 0.261 bits per heavy atom. The Hall–Kier alpha value is -1.55. The van der Waals surface area contributed by atoms with Gasteiger partial charge in [0.25, 0.3) is 0 Å². The lowest BCUT2D eigenvalue weighted by molar-refractivity contribution is 0.0508. The highest BCUT2D eigenvalue weighted by Gasteiger charge is 2.32. The Morgan fingerprint density at radius 3 is 0.649 bits per heavy atom. The Labute approximate surface area is 723 Å². The third-order valence-electron chi connectivity index (χ3n) is 17.2. The Balaban J connectivity index is -0.000000312. The highest BCUT2D eigenvalue weighted by Crippen LogP contribution is 2.32. The number of nitrogens with two attached hydrogens (primary N) is 2. The highest BCUT2D eigenvalue weighted by molar-refractivity contribution is 6.67. The Kier molecular flexibility index (Phi) is 111. The van der Waals surface area contributed by atoms with Crippen molar-refractivity contribution < 1.29 is 48.7 Å². The first-order valence-corrected chi connectivity index (χ1v) is 46.9. The number of unbranched alkanes of at least 4 members (excludes halogenated alkanes) is 48. The second-order valence-electron chi connectivity index (χ2n) is 28.0. The van der Waals surface area contributed by atoms with Crippen LogP contribution >= 0.6 is 104 Å². The van der Waals surface area contributed by atoms with Crippen molar-refractivity contribution in [3.63, 3.8) is 0 Å². The van der Waals surface area contributed by atoms with E-state index in [0.717, 1.165) is 45.3 Å². The first-order valence-electron chi connectivity index (χ1n) is 43.5. The minimum absolute atomic E-state index is 0.0122. The van der Waals surface area contributed by atoms with Crippen LogP contribution in [0.4, 0.5) is 19.2 Å². The van der Waals surface area contributed by atoms with Crippen molar-refractivity contribution in [1.82, 2.24) is 26.6 Å². The Morgan fingerprint density at radius 2 is 0.450 bits per heavy atom. The summed E-state index contributed by atoms with van der Waals surface area (Å²) in [5, 5.41) is 38.2. The van der Waals surface area contributed by atoms with E-state index in [-0.39, 0.29) is 31.9 Å². The number of hydrogen-bond donors (Lipinski definition) is 10. The SMILES string of the molecule is CCCCCCCC/C=C\CCCCCCCCN.CCCCCCCC/C=C\CCCCCCCCNC(=O)NCCO.CCCCCCCC/C=C\CCCCCCCCNC(=O)NCCO.CCCCCCCC/C=C\CCCCCCCCNC(=O)OC(Cl)(Cl)Cl.NCCO.O=C(OC(Cl)(Cl)Cl)OC(Cl)(Cl)Cl. The van der Waals surface area contributed by atoms with E-state index < -0.39 is 24.2 Å². The van der Waals surface area contributed by atoms with Crippen molar-refractivity contribution in [3.05, 3.63) is 48.6 Å². The molecule has 0 aliphatic carbocycles. The standard InChI is InChI=1S/2C21H42N2O2.C20H36Cl3NO2.C18H37N.C3Cl6O3.C2H7NO/c2*1-2-3-4-5-6-7-8-9-10-11-12-13-14-15-16-17-18-22-21(25)23-19-20-24;1-2-3-4-5-6-7-8-9-10-11-12-13-14-15-16-17-18-24-19(25)26-20(21,22)23;1-2-3-4-5-6-7-8-9-10-11-12-13-14-15-16-17-18-19;4-2(5,6)11-1(10)12-3(7,8)9;3-1-2-4/h2*9-10,24H,2-8,11-20H2,1H3,(H2,22,23,25);9-10H,2-8,11-18H2,1H3,(H,24,25);9-10H,2-8,11-19H2,1H3;;4H,1-3H2/b4*10-9-;;. The summed E-state index contributed by atoms with van der Waals surface area (Å²) >= 11 is 46.3. The molecule has 0 saturated carbocycles. The molecule has 111 heavy (non-hydrogen) atoms. The Bertz CT molecular complexity index is 1920. The summed E-state index contributed by atoms with van der Waals surface area (Å²) in [7, 11) is 0. The van der Waals surface area contributed by atoms with Crippen LogP contribution in [0.1, 0.15) is 387 Å². The maximum atomic E-state index is 11.2. The number of ether oxygens (including phenoxy) is 3. The minimum atomic E-state index is -2.24. The molecule has 17 nitrogen and oxygen atoms in total. The number of carbonyl (C=O) groups excluding carboxylic acids is 4. The smallest absolute Gasteiger partial charge is 0.398 e. The van der Waals surface area contributed by atoms with E-state index in [1.165, 1.54) is 334 Å². The van der Waals surface area contributed by atoms with Crippen LogP contribution in [0.25, 0.3) is 0 Å². The molecule has 0 atom stereocenters. The van der Waals surface area contributed by atoms with E-state index in [2.05, 4.69) is 117 Å². The average molecular weight is 1760 g/mol. The van der Waals surface area contributed by atoms with Gasteiger partial charge in [0.15, 0.2) is 0 Å². The van der Waals surface area contributed by atoms with Crippen LogP contribution in [0, 0.1) is 0 Å². The molecule has 0 heterocycles. The van der Waals surface area contributed by atoms with Gasteiger partial charge in [-0.3, -0.25) is 0 Å². The quantitative estimate of drug-likeness (QED) is 0.0118. The summed E-state index contributed by atoms with van der Waals surface area (Å²) in [5.74, 6) is 0. The topological polar surface area (TPSA) is 269 Å². The van der Waals surface area contributed by atoms with Crippen molar-refractivity contribution in [1.29, 1.82) is 0 Å². The maximum Gasteiger partial charge on any atom is 0.515 e. The highest BCUT2D eigenvalue weighted by atomic mass is 35.6. The third kappa shape index (κ3) is 135. The largest absolute Gasteiger partial charge is 0.515 e. The summed E-state index contributed by atoms with van der Waals surface area (Å²) in [6.07, 6.45) is 89.8. The number of halogens is 9. The number of alkyl carbamates (subject to hydrolysis) is 1. The number of carbonyl (C=O) groups is 4. The summed E-state index contributed by atoms with van der Waals surface area (Å²) in [5.41, 5.74) is 10.3. The van der Waals surface area contributed by atoms with Gasteiger partial charge in [-0.25, -0.2) is 19.2 Å². The number of alkyl halides is 9. The first kappa shape index (κ1) is 120. The summed E-state index contributed by atoms with van der Waals surface area (Å²) in [6, 6.07) is -0.358. The summed E-state index contributed by atoms with van der Waals surface area (Å²) < 4.78 is 6.02. The molecule has 12 N–H and O–H groups in total. The van der Waals surface area contributed by atoms with E-state index in [1.807, 2.05) is 0 Å².